The number of primary amides is 1. The fraction of sp³-hybridized carbons (Fsp3) is 0.357. The minimum atomic E-state index is -1.34. The number of amides is 3. The van der Waals surface area contributed by atoms with Crippen LogP contribution in [0, 0.1) is 6.92 Å². The molecule has 2 unspecified atom stereocenters. The van der Waals surface area contributed by atoms with E-state index in [1.807, 2.05) is 31.2 Å². The molecule has 0 aromatic heterocycles. The van der Waals surface area contributed by atoms with Crippen molar-refractivity contribution in [2.45, 2.75) is 32.4 Å². The number of nitrogens with two attached hydrogens (primary N) is 1. The van der Waals surface area contributed by atoms with E-state index in [9.17, 15) is 14.4 Å². The summed E-state index contributed by atoms with van der Waals surface area (Å²) in [6.07, 6.45) is -0.457. The topological polar surface area (TPSA) is 122 Å². The van der Waals surface area contributed by atoms with Crippen LogP contribution < -0.4 is 16.4 Å². The number of nitrogens with one attached hydrogen (secondary N) is 2. The number of carboxylic acids is 1. The Labute approximate surface area is 122 Å². The van der Waals surface area contributed by atoms with Gasteiger partial charge in [-0.25, -0.2) is 9.59 Å². The molecule has 114 valence electrons. The maximum Gasteiger partial charge on any atom is 0.326 e. The molecular formula is C14H19N3O4. The number of aryl methyl sites for hydroxylation is 1. The van der Waals surface area contributed by atoms with Crippen LogP contribution in [0.1, 0.15) is 30.5 Å². The van der Waals surface area contributed by atoms with Gasteiger partial charge in [0.25, 0.3) is 0 Å². The summed E-state index contributed by atoms with van der Waals surface area (Å²) in [5.41, 5.74) is 6.88. The lowest BCUT2D eigenvalue weighted by molar-refractivity contribution is -0.140. The maximum atomic E-state index is 11.8. The van der Waals surface area contributed by atoms with E-state index in [-0.39, 0.29) is 6.04 Å². The van der Waals surface area contributed by atoms with E-state index in [4.69, 9.17) is 10.8 Å². The second kappa shape index (κ2) is 7.28. The number of aliphatic carboxylic acids is 1. The first-order valence-electron chi connectivity index (χ1n) is 6.45. The van der Waals surface area contributed by atoms with E-state index in [0.29, 0.717) is 0 Å². The van der Waals surface area contributed by atoms with Crippen LogP contribution in [0.3, 0.4) is 0 Å². The van der Waals surface area contributed by atoms with Crippen molar-refractivity contribution in [3.63, 3.8) is 0 Å². The van der Waals surface area contributed by atoms with Gasteiger partial charge in [0.05, 0.1) is 12.5 Å². The summed E-state index contributed by atoms with van der Waals surface area (Å²) in [4.78, 5) is 33.5. The van der Waals surface area contributed by atoms with Crippen molar-refractivity contribution in [3.8, 4) is 0 Å². The summed E-state index contributed by atoms with van der Waals surface area (Å²) in [5.74, 6) is -2.11. The van der Waals surface area contributed by atoms with Gasteiger partial charge in [-0.3, -0.25) is 4.79 Å². The molecule has 3 amide bonds. The van der Waals surface area contributed by atoms with E-state index in [0.717, 1.165) is 11.1 Å². The van der Waals surface area contributed by atoms with Gasteiger partial charge >= 0.3 is 12.0 Å². The second-order valence-electron chi connectivity index (χ2n) is 4.76. The van der Waals surface area contributed by atoms with Gasteiger partial charge in [-0.15, -0.1) is 0 Å². The molecule has 0 aliphatic heterocycles. The molecule has 0 spiro atoms. The van der Waals surface area contributed by atoms with Crippen LogP contribution in [0.5, 0.6) is 0 Å². The van der Waals surface area contributed by atoms with Gasteiger partial charge in [-0.2, -0.15) is 0 Å². The predicted octanol–water partition coefficient (Wildman–Crippen LogP) is 0.684. The van der Waals surface area contributed by atoms with E-state index >= 15 is 0 Å². The number of carbonyl (C=O) groups excluding carboxylic acids is 2. The molecule has 0 heterocycles. The van der Waals surface area contributed by atoms with E-state index in [1.54, 1.807) is 6.92 Å². The third kappa shape index (κ3) is 5.13. The van der Waals surface area contributed by atoms with E-state index in [1.165, 1.54) is 0 Å². The quantitative estimate of drug-likeness (QED) is 0.616. The average molecular weight is 293 g/mol. The number of urea groups is 1. The number of hydrogen-bond donors (Lipinski definition) is 4. The highest BCUT2D eigenvalue weighted by Gasteiger charge is 2.23. The van der Waals surface area contributed by atoms with Gasteiger partial charge in [0, 0.05) is 0 Å². The Morgan fingerprint density at radius 1 is 1.24 bits per heavy atom. The lowest BCUT2D eigenvalue weighted by atomic mass is 10.0. The van der Waals surface area contributed by atoms with Crippen molar-refractivity contribution >= 4 is 17.9 Å². The van der Waals surface area contributed by atoms with Gasteiger partial charge in [0.15, 0.2) is 0 Å². The Hall–Kier alpha value is -2.57. The largest absolute Gasteiger partial charge is 0.480 e. The molecule has 7 nitrogen and oxygen atoms in total. The summed E-state index contributed by atoms with van der Waals surface area (Å²) in [6, 6.07) is 5.22. The Balaban J connectivity index is 2.66. The Bertz CT molecular complexity index is 545. The highest BCUT2D eigenvalue weighted by molar-refractivity contribution is 5.87. The number of carboxylic acid groups (broad SMARTS) is 1. The summed E-state index contributed by atoms with van der Waals surface area (Å²) < 4.78 is 0. The fourth-order valence-corrected chi connectivity index (χ4v) is 1.95. The van der Waals surface area contributed by atoms with Crippen LogP contribution >= 0.6 is 0 Å². The molecule has 1 aromatic rings. The van der Waals surface area contributed by atoms with Crippen LogP contribution in [-0.4, -0.2) is 29.1 Å². The van der Waals surface area contributed by atoms with Crippen LogP contribution in [0.4, 0.5) is 4.79 Å². The van der Waals surface area contributed by atoms with Gasteiger partial charge in [-0.05, 0) is 25.0 Å². The van der Waals surface area contributed by atoms with Gasteiger partial charge in [0.2, 0.25) is 5.91 Å². The molecule has 0 fully saturated rings. The van der Waals surface area contributed by atoms with Crippen molar-refractivity contribution in [2.75, 3.05) is 0 Å². The standard InChI is InChI=1S/C14H19N3O4/c1-8-5-3-4-6-10(8)9(2)16-14(21)17-11(13(19)20)7-12(15)18/h3-6,9,11H,7H2,1-2H3,(H2,15,18)(H,19,20)(H2,16,17,21). The Morgan fingerprint density at radius 3 is 2.38 bits per heavy atom. The number of rotatable bonds is 6. The smallest absolute Gasteiger partial charge is 0.326 e. The molecule has 1 rings (SSSR count). The zero-order valence-electron chi connectivity index (χ0n) is 11.9. The van der Waals surface area contributed by atoms with Crippen LogP contribution in [0.2, 0.25) is 0 Å². The van der Waals surface area contributed by atoms with Gasteiger partial charge in [-0.1, -0.05) is 24.3 Å². The molecule has 0 bridgehead atoms. The molecular weight excluding hydrogens is 274 g/mol. The summed E-state index contributed by atoms with van der Waals surface area (Å²) >= 11 is 0. The number of carbonyl (C=O) groups is 3. The van der Waals surface area contributed by atoms with Crippen LogP contribution in [0.15, 0.2) is 24.3 Å². The molecule has 0 saturated carbocycles. The second-order valence-corrected chi connectivity index (χ2v) is 4.76. The zero-order valence-corrected chi connectivity index (χ0v) is 11.9. The average Bonchev–Trinajstić information content (AvgIpc) is 2.37. The lowest BCUT2D eigenvalue weighted by Crippen LogP contribution is -2.48. The SMILES string of the molecule is Cc1ccccc1C(C)NC(=O)NC(CC(N)=O)C(=O)O. The summed E-state index contributed by atoms with van der Waals surface area (Å²) in [5, 5.41) is 13.8. The number of benzene rings is 1. The zero-order chi connectivity index (χ0) is 16.0. The first-order valence-corrected chi connectivity index (χ1v) is 6.45. The van der Waals surface area contributed by atoms with Crippen molar-refractivity contribution in [1.29, 1.82) is 0 Å². The van der Waals surface area contributed by atoms with Crippen molar-refractivity contribution in [3.05, 3.63) is 35.4 Å². The van der Waals surface area contributed by atoms with E-state index < -0.39 is 30.4 Å². The first kappa shape index (κ1) is 16.5. The minimum Gasteiger partial charge on any atom is -0.480 e. The van der Waals surface area contributed by atoms with Gasteiger partial charge in [0.1, 0.15) is 6.04 Å². The molecule has 7 heteroatoms. The van der Waals surface area contributed by atoms with Crippen molar-refractivity contribution < 1.29 is 19.5 Å². The van der Waals surface area contributed by atoms with Gasteiger partial charge < -0.3 is 21.5 Å². The van der Waals surface area contributed by atoms with Crippen LogP contribution in [-0.2, 0) is 9.59 Å². The molecule has 0 saturated heterocycles. The first-order chi connectivity index (χ1) is 9.81. The highest BCUT2D eigenvalue weighted by Crippen LogP contribution is 2.16. The molecule has 2 atom stereocenters. The van der Waals surface area contributed by atoms with Crippen molar-refractivity contribution in [1.82, 2.24) is 10.6 Å². The fourth-order valence-electron chi connectivity index (χ4n) is 1.95. The lowest BCUT2D eigenvalue weighted by Gasteiger charge is -2.19. The molecule has 5 N–H and O–H groups in total. The summed E-state index contributed by atoms with van der Waals surface area (Å²) in [7, 11) is 0. The minimum absolute atomic E-state index is 0.297. The molecule has 0 aliphatic carbocycles. The predicted molar refractivity (Wildman–Crippen MR) is 76.5 cm³/mol. The van der Waals surface area contributed by atoms with E-state index in [2.05, 4.69) is 10.6 Å². The highest BCUT2D eigenvalue weighted by atomic mass is 16.4. The third-order valence-electron chi connectivity index (χ3n) is 3.01. The molecule has 0 aliphatic rings. The monoisotopic (exact) mass is 293 g/mol. The summed E-state index contributed by atoms with van der Waals surface area (Å²) in [6.45, 7) is 3.70. The third-order valence-corrected chi connectivity index (χ3v) is 3.01. The molecule has 1 aromatic carbocycles. The normalized spacial score (nSPS) is 13.0. The Morgan fingerprint density at radius 2 is 1.86 bits per heavy atom. The van der Waals surface area contributed by atoms with Crippen LogP contribution in [0.25, 0.3) is 0 Å². The maximum absolute atomic E-state index is 11.8. The van der Waals surface area contributed by atoms with Crippen molar-refractivity contribution in [2.24, 2.45) is 5.73 Å². The Kier molecular flexibility index (Phi) is 5.71. The number of hydrogen-bond acceptors (Lipinski definition) is 3. The molecule has 21 heavy (non-hydrogen) atoms. The molecule has 0 radical (unpaired) electrons.